The van der Waals surface area contributed by atoms with Gasteiger partial charge in [-0.2, -0.15) is 4.52 Å². The van der Waals surface area contributed by atoms with Crippen LogP contribution < -0.4 is 11.1 Å². The molecule has 0 spiro atoms. The maximum atomic E-state index is 13.9. The Bertz CT molecular complexity index is 3820. The molecular formula is C54H38N4O2. The average Bonchev–Trinajstić information content (AvgIpc) is 3.98. The van der Waals surface area contributed by atoms with E-state index >= 15 is 0 Å². The molecule has 6 heteroatoms. The summed E-state index contributed by atoms with van der Waals surface area (Å²) < 4.78 is 7.87. The number of hydrogen-bond acceptors (Lipinski definition) is 2. The van der Waals surface area contributed by atoms with Gasteiger partial charge in [0.05, 0.1) is 43.9 Å². The fourth-order valence-electron chi connectivity index (χ4n) is 9.57. The van der Waals surface area contributed by atoms with Crippen LogP contribution in [0.3, 0.4) is 0 Å². The number of rotatable bonds is 4. The molecule has 0 amide bonds. The molecule has 12 aromatic rings. The summed E-state index contributed by atoms with van der Waals surface area (Å²) in [5.41, 5.74) is 12.8. The Labute approximate surface area is 344 Å². The highest BCUT2D eigenvalue weighted by molar-refractivity contribution is 6.23. The number of benzene rings is 8. The second-order valence-electron chi connectivity index (χ2n) is 17.0. The minimum Gasteiger partial charge on any atom is -0.307 e. The number of para-hydroxylation sites is 3. The van der Waals surface area contributed by atoms with Gasteiger partial charge >= 0.3 is 0 Å². The third-order valence-corrected chi connectivity index (χ3v) is 12.5. The van der Waals surface area contributed by atoms with Gasteiger partial charge in [0.25, 0.3) is 11.1 Å². The molecule has 286 valence electrons. The number of nitrogens with zero attached hydrogens (tertiary/aromatic N) is 4. The maximum absolute atomic E-state index is 13.9. The number of fused-ring (bicyclic) bond motifs is 12. The Morgan fingerprint density at radius 3 is 1.45 bits per heavy atom. The van der Waals surface area contributed by atoms with Gasteiger partial charge in [-0.05, 0) is 93.9 Å². The minimum atomic E-state index is -0.310. The summed E-state index contributed by atoms with van der Waals surface area (Å²) in [7, 11) is 0. The third kappa shape index (κ3) is 4.82. The highest BCUT2D eigenvalue weighted by Gasteiger charge is 2.22. The molecule has 8 aromatic carbocycles. The zero-order valence-corrected chi connectivity index (χ0v) is 33.3. The van der Waals surface area contributed by atoms with E-state index in [0.717, 1.165) is 44.7 Å². The molecule has 0 aliphatic heterocycles. The molecule has 0 bridgehead atoms. The Morgan fingerprint density at radius 2 is 0.833 bits per heavy atom. The SMILES string of the molecule is CC(C)(C)c1ccc(-c2ccc3c(c2)c(=O)n2c(=O)c4ccc(-c5ccc(-n6c7ccccc7c7ccc8c9ccccc9n(-c9ccccc9)c8c76)cc5)cc4n32)cc1. The van der Waals surface area contributed by atoms with Crippen molar-refractivity contribution in [2.45, 2.75) is 26.2 Å². The van der Waals surface area contributed by atoms with Gasteiger partial charge in [-0.1, -0.05) is 136 Å². The van der Waals surface area contributed by atoms with Crippen LogP contribution in [-0.4, -0.2) is 18.2 Å². The molecule has 6 nitrogen and oxygen atoms in total. The molecule has 0 unspecified atom stereocenters. The van der Waals surface area contributed by atoms with E-state index in [2.05, 4.69) is 169 Å². The molecule has 0 atom stereocenters. The van der Waals surface area contributed by atoms with Crippen LogP contribution >= 0.6 is 0 Å². The van der Waals surface area contributed by atoms with Gasteiger partial charge in [0.15, 0.2) is 0 Å². The van der Waals surface area contributed by atoms with Gasteiger partial charge < -0.3 is 9.13 Å². The number of hydrogen-bond donors (Lipinski definition) is 0. The van der Waals surface area contributed by atoms with Crippen molar-refractivity contribution in [2.24, 2.45) is 0 Å². The first-order valence-corrected chi connectivity index (χ1v) is 20.4. The van der Waals surface area contributed by atoms with Crippen LogP contribution in [0.2, 0.25) is 0 Å². The van der Waals surface area contributed by atoms with E-state index in [9.17, 15) is 9.59 Å². The van der Waals surface area contributed by atoms with Gasteiger partial charge in [0.1, 0.15) is 0 Å². The minimum absolute atomic E-state index is 0.0462. The third-order valence-electron chi connectivity index (χ3n) is 12.5. The molecule has 4 aromatic heterocycles. The van der Waals surface area contributed by atoms with Gasteiger partial charge in [0.2, 0.25) is 0 Å². The van der Waals surface area contributed by atoms with Crippen LogP contribution in [0.1, 0.15) is 26.3 Å². The van der Waals surface area contributed by atoms with Crippen molar-refractivity contribution in [2.75, 3.05) is 0 Å². The predicted octanol–water partition coefficient (Wildman–Crippen LogP) is 12.3. The van der Waals surface area contributed by atoms with E-state index < -0.39 is 0 Å². The first-order chi connectivity index (χ1) is 29.2. The van der Waals surface area contributed by atoms with Crippen LogP contribution in [0, 0.1) is 0 Å². The second-order valence-corrected chi connectivity index (χ2v) is 17.0. The lowest BCUT2D eigenvalue weighted by Crippen LogP contribution is -2.21. The summed E-state index contributed by atoms with van der Waals surface area (Å²) in [6.07, 6.45) is 0. The van der Waals surface area contributed by atoms with Crippen LogP contribution in [0.4, 0.5) is 0 Å². The molecule has 0 radical (unpaired) electrons. The molecule has 0 aliphatic rings. The number of aromatic nitrogens is 4. The van der Waals surface area contributed by atoms with E-state index in [-0.39, 0.29) is 16.5 Å². The fraction of sp³-hybridized carbons (Fsp3) is 0.0741. The van der Waals surface area contributed by atoms with Gasteiger partial charge in [-0.3, -0.25) is 9.59 Å². The lowest BCUT2D eigenvalue weighted by Gasteiger charge is -2.19. The molecule has 0 aliphatic carbocycles. The summed E-state index contributed by atoms with van der Waals surface area (Å²) >= 11 is 0. The van der Waals surface area contributed by atoms with E-state index in [1.54, 1.807) is 4.52 Å². The summed E-state index contributed by atoms with van der Waals surface area (Å²) in [6, 6.07) is 61.4. The highest BCUT2D eigenvalue weighted by Crippen LogP contribution is 2.42. The predicted molar refractivity (Wildman–Crippen MR) is 248 cm³/mol. The zero-order chi connectivity index (χ0) is 40.4. The highest BCUT2D eigenvalue weighted by atomic mass is 16.2. The lowest BCUT2D eigenvalue weighted by molar-refractivity contribution is 0.590. The second kappa shape index (κ2) is 12.4. The topological polar surface area (TPSA) is 52.8 Å². The lowest BCUT2D eigenvalue weighted by atomic mass is 9.86. The summed E-state index contributed by atoms with van der Waals surface area (Å²) in [5.74, 6) is 0. The van der Waals surface area contributed by atoms with Crippen molar-refractivity contribution in [3.05, 3.63) is 202 Å². The van der Waals surface area contributed by atoms with Crippen molar-refractivity contribution >= 4 is 65.4 Å². The average molecular weight is 775 g/mol. The molecule has 60 heavy (non-hydrogen) atoms. The van der Waals surface area contributed by atoms with E-state index in [0.29, 0.717) is 21.8 Å². The van der Waals surface area contributed by atoms with E-state index in [4.69, 9.17) is 0 Å². The standard InChI is InChI=1S/C54H38N4O2/c1-54(2,3)37-23-17-33(18-24-37)35-22-30-48-45(31-35)53(60)58-52(59)44-27-21-36(32-49(44)57(48)58)34-19-25-39(26-20-34)56-47-16-10-8-14-41(47)43-29-28-42-40-13-7-9-15-46(40)55(50(42)51(43)56)38-11-5-4-6-12-38/h4-32H,1-3H3. The zero-order valence-electron chi connectivity index (χ0n) is 33.3. The summed E-state index contributed by atoms with van der Waals surface area (Å²) in [6.45, 7) is 6.59. The van der Waals surface area contributed by atoms with Gasteiger partial charge in [0, 0.05) is 32.9 Å². The molecule has 0 saturated carbocycles. The molecule has 0 N–H and O–H groups in total. The Balaban J connectivity index is 1.01. The van der Waals surface area contributed by atoms with Crippen LogP contribution in [-0.2, 0) is 5.41 Å². The maximum Gasteiger partial charge on any atom is 0.282 e. The van der Waals surface area contributed by atoms with Crippen molar-refractivity contribution in [3.63, 3.8) is 0 Å². The first kappa shape index (κ1) is 34.4. The smallest absolute Gasteiger partial charge is 0.282 e. The van der Waals surface area contributed by atoms with Crippen molar-refractivity contribution in [1.82, 2.24) is 18.2 Å². The molecule has 0 fully saturated rings. The van der Waals surface area contributed by atoms with Gasteiger partial charge in [-0.25, -0.2) is 4.52 Å². The van der Waals surface area contributed by atoms with Crippen molar-refractivity contribution < 1.29 is 0 Å². The molecular weight excluding hydrogens is 737 g/mol. The van der Waals surface area contributed by atoms with Crippen molar-refractivity contribution in [1.29, 1.82) is 0 Å². The molecule has 4 heterocycles. The first-order valence-electron chi connectivity index (χ1n) is 20.4. The van der Waals surface area contributed by atoms with Crippen molar-refractivity contribution in [3.8, 4) is 33.6 Å². The fourth-order valence-corrected chi connectivity index (χ4v) is 9.57. The summed E-state index contributed by atoms with van der Waals surface area (Å²) in [5, 5.41) is 5.85. The molecule has 12 rings (SSSR count). The monoisotopic (exact) mass is 774 g/mol. The Morgan fingerprint density at radius 1 is 0.350 bits per heavy atom. The van der Waals surface area contributed by atoms with Crippen LogP contribution in [0.5, 0.6) is 0 Å². The quantitative estimate of drug-likeness (QED) is 0.179. The van der Waals surface area contributed by atoms with E-state index in [1.165, 1.54) is 42.7 Å². The molecule has 0 saturated heterocycles. The van der Waals surface area contributed by atoms with Crippen LogP contribution in [0.15, 0.2) is 186 Å². The normalized spacial score (nSPS) is 12.4. The Hall–Kier alpha value is -7.70. The summed E-state index contributed by atoms with van der Waals surface area (Å²) in [4.78, 5) is 27.7. The Kier molecular flexibility index (Phi) is 7.10. The van der Waals surface area contributed by atoms with Crippen LogP contribution in [0.25, 0.3) is 99.0 Å². The van der Waals surface area contributed by atoms with Gasteiger partial charge in [-0.15, -0.1) is 0 Å². The van der Waals surface area contributed by atoms with E-state index in [1.807, 2.05) is 36.4 Å². The largest absolute Gasteiger partial charge is 0.307 e.